The van der Waals surface area contributed by atoms with Crippen LogP contribution >= 0.6 is 0 Å². The van der Waals surface area contributed by atoms with Crippen LogP contribution < -0.4 is 19.7 Å². The third-order valence-corrected chi connectivity index (χ3v) is 5.41. The predicted octanol–water partition coefficient (Wildman–Crippen LogP) is 3.81. The SMILES string of the molecule is COc1ccc(CNC(=O)C2CCN(c3cc(Oc4ccccc4)ncn3)CC2)cc1. The Hall–Kier alpha value is -3.61. The molecule has 4 rings (SSSR count). The molecule has 0 saturated carbocycles. The van der Waals surface area contributed by atoms with Gasteiger partial charge in [0.25, 0.3) is 0 Å². The predicted molar refractivity (Wildman–Crippen MR) is 118 cm³/mol. The van der Waals surface area contributed by atoms with Gasteiger partial charge in [0.2, 0.25) is 11.8 Å². The van der Waals surface area contributed by atoms with E-state index in [9.17, 15) is 4.79 Å². The van der Waals surface area contributed by atoms with Gasteiger partial charge in [0.1, 0.15) is 23.6 Å². The minimum absolute atomic E-state index is 0.0105. The van der Waals surface area contributed by atoms with E-state index in [4.69, 9.17) is 9.47 Å². The summed E-state index contributed by atoms with van der Waals surface area (Å²) in [5.41, 5.74) is 1.05. The van der Waals surface area contributed by atoms with E-state index in [-0.39, 0.29) is 11.8 Å². The van der Waals surface area contributed by atoms with E-state index in [1.54, 1.807) is 7.11 Å². The summed E-state index contributed by atoms with van der Waals surface area (Å²) >= 11 is 0. The number of nitrogens with one attached hydrogen (secondary N) is 1. The molecule has 31 heavy (non-hydrogen) atoms. The van der Waals surface area contributed by atoms with Gasteiger partial charge in [-0.25, -0.2) is 9.97 Å². The van der Waals surface area contributed by atoms with Gasteiger partial charge in [0.15, 0.2) is 0 Å². The van der Waals surface area contributed by atoms with Gasteiger partial charge in [-0.3, -0.25) is 4.79 Å². The van der Waals surface area contributed by atoms with Gasteiger partial charge < -0.3 is 19.7 Å². The van der Waals surface area contributed by atoms with Crippen LogP contribution in [0.3, 0.4) is 0 Å². The molecule has 2 aromatic carbocycles. The molecule has 1 amide bonds. The molecule has 0 radical (unpaired) electrons. The minimum atomic E-state index is 0.0105. The van der Waals surface area contributed by atoms with Crippen molar-refractivity contribution < 1.29 is 14.3 Å². The summed E-state index contributed by atoms with van der Waals surface area (Å²) < 4.78 is 11.0. The highest BCUT2D eigenvalue weighted by atomic mass is 16.5. The minimum Gasteiger partial charge on any atom is -0.497 e. The van der Waals surface area contributed by atoms with E-state index in [1.807, 2.05) is 60.7 Å². The molecule has 1 N–H and O–H groups in total. The summed E-state index contributed by atoms with van der Waals surface area (Å²) in [4.78, 5) is 23.4. The van der Waals surface area contributed by atoms with Gasteiger partial charge in [-0.1, -0.05) is 30.3 Å². The van der Waals surface area contributed by atoms with E-state index in [0.29, 0.717) is 12.4 Å². The van der Waals surface area contributed by atoms with Gasteiger partial charge in [-0.2, -0.15) is 0 Å². The van der Waals surface area contributed by atoms with Gasteiger partial charge >= 0.3 is 0 Å². The van der Waals surface area contributed by atoms with E-state index in [2.05, 4.69) is 20.2 Å². The third-order valence-electron chi connectivity index (χ3n) is 5.41. The molecule has 0 bridgehead atoms. The number of carbonyl (C=O) groups excluding carboxylic acids is 1. The van der Waals surface area contributed by atoms with Crippen molar-refractivity contribution in [2.75, 3.05) is 25.1 Å². The molecule has 0 aliphatic carbocycles. The highest BCUT2D eigenvalue weighted by molar-refractivity contribution is 5.79. The molecule has 0 spiro atoms. The zero-order valence-corrected chi connectivity index (χ0v) is 17.5. The highest BCUT2D eigenvalue weighted by Gasteiger charge is 2.25. The van der Waals surface area contributed by atoms with Gasteiger partial charge in [0.05, 0.1) is 7.11 Å². The fourth-order valence-corrected chi connectivity index (χ4v) is 3.62. The smallest absolute Gasteiger partial charge is 0.224 e. The number of nitrogens with zero attached hydrogens (tertiary/aromatic N) is 3. The number of piperidine rings is 1. The Labute approximate surface area is 182 Å². The molecule has 1 fully saturated rings. The quantitative estimate of drug-likeness (QED) is 0.629. The molecule has 0 unspecified atom stereocenters. The maximum absolute atomic E-state index is 12.6. The van der Waals surface area contributed by atoms with Crippen LogP contribution in [-0.4, -0.2) is 36.1 Å². The Morgan fingerprint density at radius 1 is 1.03 bits per heavy atom. The van der Waals surface area contributed by atoms with Crippen molar-refractivity contribution in [3.63, 3.8) is 0 Å². The van der Waals surface area contributed by atoms with Crippen molar-refractivity contribution in [3.8, 4) is 17.4 Å². The second-order valence-electron chi connectivity index (χ2n) is 7.46. The standard InChI is InChI=1S/C24H26N4O3/c1-30-20-9-7-18(8-10-20)16-25-24(29)19-11-13-28(14-12-19)22-15-23(27-17-26-22)31-21-5-3-2-4-6-21/h2-10,15,17,19H,11-14,16H2,1H3,(H,25,29). The summed E-state index contributed by atoms with van der Waals surface area (Å²) in [6.45, 7) is 2.06. The number of ether oxygens (including phenoxy) is 2. The maximum Gasteiger partial charge on any atom is 0.224 e. The third kappa shape index (κ3) is 5.51. The molecule has 0 atom stereocenters. The fraction of sp³-hybridized carbons (Fsp3) is 0.292. The summed E-state index contributed by atoms with van der Waals surface area (Å²) in [5.74, 6) is 2.99. The molecule has 1 aliphatic heterocycles. The Morgan fingerprint density at radius 2 is 1.77 bits per heavy atom. The molecule has 1 aliphatic rings. The van der Waals surface area contributed by atoms with E-state index >= 15 is 0 Å². The topological polar surface area (TPSA) is 76.6 Å². The number of carbonyl (C=O) groups is 1. The monoisotopic (exact) mass is 418 g/mol. The molecule has 160 valence electrons. The molecule has 1 aromatic heterocycles. The molecular weight excluding hydrogens is 392 g/mol. The summed E-state index contributed by atoms with van der Waals surface area (Å²) in [6.07, 6.45) is 3.09. The van der Waals surface area contributed by atoms with Crippen LogP contribution in [-0.2, 0) is 11.3 Å². The first-order valence-electron chi connectivity index (χ1n) is 10.4. The molecule has 7 heteroatoms. The van der Waals surface area contributed by atoms with Crippen molar-refractivity contribution in [1.29, 1.82) is 0 Å². The highest BCUT2D eigenvalue weighted by Crippen LogP contribution is 2.26. The number of benzene rings is 2. The van der Waals surface area contributed by atoms with E-state index in [0.717, 1.165) is 48.8 Å². The van der Waals surface area contributed by atoms with Crippen LogP contribution in [0.2, 0.25) is 0 Å². The fourth-order valence-electron chi connectivity index (χ4n) is 3.62. The molecular formula is C24H26N4O3. The van der Waals surface area contributed by atoms with E-state index in [1.165, 1.54) is 6.33 Å². The average molecular weight is 418 g/mol. The second-order valence-corrected chi connectivity index (χ2v) is 7.46. The van der Waals surface area contributed by atoms with Gasteiger partial charge in [-0.05, 0) is 42.7 Å². The number of amides is 1. The normalized spacial score (nSPS) is 14.2. The van der Waals surface area contributed by atoms with Crippen LogP contribution in [0.5, 0.6) is 17.4 Å². The average Bonchev–Trinajstić information content (AvgIpc) is 2.84. The summed E-state index contributed by atoms with van der Waals surface area (Å²) in [6, 6.07) is 19.1. The molecule has 2 heterocycles. The molecule has 7 nitrogen and oxygen atoms in total. The van der Waals surface area contributed by atoms with Crippen molar-refractivity contribution in [3.05, 3.63) is 72.6 Å². The van der Waals surface area contributed by atoms with Crippen molar-refractivity contribution in [2.24, 2.45) is 5.92 Å². The van der Waals surface area contributed by atoms with Crippen LogP contribution in [0.15, 0.2) is 67.0 Å². The summed E-state index contributed by atoms with van der Waals surface area (Å²) in [7, 11) is 1.64. The Kier molecular flexibility index (Phi) is 6.62. The van der Waals surface area contributed by atoms with Crippen molar-refractivity contribution in [2.45, 2.75) is 19.4 Å². The van der Waals surface area contributed by atoms with Crippen LogP contribution in [0.25, 0.3) is 0 Å². The Morgan fingerprint density at radius 3 is 2.48 bits per heavy atom. The number of para-hydroxylation sites is 1. The zero-order chi connectivity index (χ0) is 21.5. The Bertz CT molecular complexity index is 987. The maximum atomic E-state index is 12.6. The largest absolute Gasteiger partial charge is 0.497 e. The van der Waals surface area contributed by atoms with Crippen LogP contribution in [0.1, 0.15) is 18.4 Å². The Balaban J connectivity index is 1.28. The number of aromatic nitrogens is 2. The van der Waals surface area contributed by atoms with Crippen LogP contribution in [0, 0.1) is 5.92 Å². The number of hydrogen-bond acceptors (Lipinski definition) is 6. The number of anilines is 1. The molecule has 1 saturated heterocycles. The lowest BCUT2D eigenvalue weighted by Gasteiger charge is -2.32. The lowest BCUT2D eigenvalue weighted by Crippen LogP contribution is -2.40. The van der Waals surface area contributed by atoms with Crippen LogP contribution in [0.4, 0.5) is 5.82 Å². The number of methoxy groups -OCH3 is 1. The summed E-state index contributed by atoms with van der Waals surface area (Å²) in [5, 5.41) is 3.05. The van der Waals surface area contributed by atoms with Gasteiger partial charge in [0, 0.05) is 31.6 Å². The van der Waals surface area contributed by atoms with Gasteiger partial charge in [-0.15, -0.1) is 0 Å². The number of rotatable bonds is 7. The first kappa shape index (κ1) is 20.7. The molecule has 3 aromatic rings. The van der Waals surface area contributed by atoms with E-state index < -0.39 is 0 Å². The first-order valence-corrected chi connectivity index (χ1v) is 10.4. The second kappa shape index (κ2) is 9.93. The van der Waals surface area contributed by atoms with Crippen molar-refractivity contribution in [1.82, 2.24) is 15.3 Å². The lowest BCUT2D eigenvalue weighted by atomic mass is 9.96. The van der Waals surface area contributed by atoms with Crippen molar-refractivity contribution >= 4 is 11.7 Å². The zero-order valence-electron chi connectivity index (χ0n) is 17.5. The number of hydrogen-bond donors (Lipinski definition) is 1. The lowest BCUT2D eigenvalue weighted by molar-refractivity contribution is -0.125. The first-order chi connectivity index (χ1) is 15.2.